The summed E-state index contributed by atoms with van der Waals surface area (Å²) < 4.78 is 12.8. The second-order valence-electron chi connectivity index (χ2n) is 2.83. The normalized spacial score (nSPS) is 10.1. The summed E-state index contributed by atoms with van der Waals surface area (Å²) in [5.41, 5.74) is 6.82. The highest BCUT2D eigenvalue weighted by molar-refractivity contribution is 5.68. The summed E-state index contributed by atoms with van der Waals surface area (Å²) in [6.45, 7) is 0. The Bertz CT molecular complexity index is 438. The van der Waals surface area contributed by atoms with Crippen molar-refractivity contribution in [3.8, 4) is 0 Å². The molecule has 0 radical (unpaired) electrons. The number of nitrogens with zero attached hydrogens (tertiary/aromatic N) is 1. The largest absolute Gasteiger partial charge is 0.382 e. The molecule has 1 aromatic carbocycles. The fourth-order valence-electron chi connectivity index (χ4n) is 1.12. The Morgan fingerprint density at radius 1 is 1.43 bits per heavy atom. The maximum atomic E-state index is 12.8. The van der Waals surface area contributed by atoms with Gasteiger partial charge in [-0.15, -0.1) is 0 Å². The van der Waals surface area contributed by atoms with E-state index in [2.05, 4.69) is 15.5 Å². The molecule has 2 aromatic rings. The number of hydrogen-bond donors (Lipinski definition) is 3. The minimum Gasteiger partial charge on any atom is -0.382 e. The van der Waals surface area contributed by atoms with Crippen LogP contribution in [-0.2, 0) is 0 Å². The van der Waals surface area contributed by atoms with Crippen molar-refractivity contribution in [3.63, 3.8) is 0 Å². The van der Waals surface area contributed by atoms with Crippen LogP contribution >= 0.6 is 0 Å². The van der Waals surface area contributed by atoms with Crippen molar-refractivity contribution in [1.82, 2.24) is 10.2 Å². The maximum Gasteiger partial charge on any atom is 0.143 e. The molecule has 0 aliphatic heterocycles. The van der Waals surface area contributed by atoms with Gasteiger partial charge in [-0.1, -0.05) is 6.07 Å². The number of H-pyrrole nitrogens is 1. The Hall–Kier alpha value is -2.04. The number of benzene rings is 1. The van der Waals surface area contributed by atoms with Crippen molar-refractivity contribution < 1.29 is 4.39 Å². The molecule has 4 N–H and O–H groups in total. The first kappa shape index (κ1) is 8.55. The highest BCUT2D eigenvalue weighted by Crippen LogP contribution is 2.20. The number of nitrogen functional groups attached to an aromatic ring is 1. The molecule has 72 valence electrons. The lowest BCUT2D eigenvalue weighted by Crippen LogP contribution is -1.94. The molecular weight excluding hydrogens is 183 g/mol. The van der Waals surface area contributed by atoms with Crippen LogP contribution in [0.3, 0.4) is 0 Å². The van der Waals surface area contributed by atoms with Gasteiger partial charge in [0.25, 0.3) is 0 Å². The van der Waals surface area contributed by atoms with Gasteiger partial charge >= 0.3 is 0 Å². The molecule has 0 bridgehead atoms. The average molecular weight is 192 g/mol. The molecule has 1 aromatic heterocycles. The van der Waals surface area contributed by atoms with Crippen molar-refractivity contribution in [1.29, 1.82) is 0 Å². The highest BCUT2D eigenvalue weighted by atomic mass is 19.1. The summed E-state index contributed by atoms with van der Waals surface area (Å²) in [6.07, 6.45) is 1.54. The van der Waals surface area contributed by atoms with Crippen LogP contribution in [0.25, 0.3) is 0 Å². The molecule has 2 rings (SSSR count). The van der Waals surface area contributed by atoms with E-state index >= 15 is 0 Å². The number of aromatic nitrogens is 2. The summed E-state index contributed by atoms with van der Waals surface area (Å²) in [4.78, 5) is 0. The first-order chi connectivity index (χ1) is 6.75. The molecule has 0 fully saturated rings. The molecule has 0 amide bonds. The van der Waals surface area contributed by atoms with Gasteiger partial charge in [0.15, 0.2) is 0 Å². The topological polar surface area (TPSA) is 66.7 Å². The first-order valence-corrected chi connectivity index (χ1v) is 4.07. The summed E-state index contributed by atoms with van der Waals surface area (Å²) in [5.74, 6) is 0.131. The summed E-state index contributed by atoms with van der Waals surface area (Å²) >= 11 is 0. The van der Waals surface area contributed by atoms with Gasteiger partial charge in [-0.2, -0.15) is 5.10 Å². The molecule has 1 heterocycles. The maximum absolute atomic E-state index is 12.8. The van der Waals surface area contributed by atoms with Crippen molar-refractivity contribution in [2.45, 2.75) is 0 Å². The van der Waals surface area contributed by atoms with Gasteiger partial charge in [-0.25, -0.2) is 4.39 Å². The number of rotatable bonds is 2. The van der Waals surface area contributed by atoms with Gasteiger partial charge in [-0.3, -0.25) is 5.10 Å². The zero-order valence-electron chi connectivity index (χ0n) is 7.29. The van der Waals surface area contributed by atoms with Gasteiger partial charge in [0, 0.05) is 5.69 Å². The standard InChI is InChI=1S/C9H9FN4/c10-6-2-1-3-7(4-6)13-8-5-12-14-9(8)11/h1-5,13H,(H3,11,12,14). The number of anilines is 3. The van der Waals surface area contributed by atoms with E-state index in [1.165, 1.54) is 12.1 Å². The molecule has 0 saturated carbocycles. The smallest absolute Gasteiger partial charge is 0.143 e. The van der Waals surface area contributed by atoms with Gasteiger partial charge in [0.2, 0.25) is 0 Å². The van der Waals surface area contributed by atoms with E-state index in [1.807, 2.05) is 0 Å². The predicted molar refractivity (Wildman–Crippen MR) is 52.7 cm³/mol. The quantitative estimate of drug-likeness (QED) is 0.680. The zero-order valence-corrected chi connectivity index (χ0v) is 7.29. The SMILES string of the molecule is Nc1[nH]ncc1Nc1cccc(F)c1. The molecule has 0 aliphatic carbocycles. The second-order valence-corrected chi connectivity index (χ2v) is 2.83. The van der Waals surface area contributed by atoms with Gasteiger partial charge in [0.1, 0.15) is 17.3 Å². The molecule has 4 nitrogen and oxygen atoms in total. The van der Waals surface area contributed by atoms with Crippen LogP contribution in [0.5, 0.6) is 0 Å². The fraction of sp³-hybridized carbons (Fsp3) is 0. The second kappa shape index (κ2) is 3.37. The lowest BCUT2D eigenvalue weighted by Gasteiger charge is -2.03. The molecule has 14 heavy (non-hydrogen) atoms. The summed E-state index contributed by atoms with van der Waals surface area (Å²) in [7, 11) is 0. The Balaban J connectivity index is 2.23. The third-order valence-electron chi connectivity index (χ3n) is 1.77. The summed E-state index contributed by atoms with van der Waals surface area (Å²) in [6, 6.07) is 6.12. The van der Waals surface area contributed by atoms with E-state index < -0.39 is 0 Å². The monoisotopic (exact) mass is 192 g/mol. The van der Waals surface area contributed by atoms with Crippen LogP contribution in [0.4, 0.5) is 21.6 Å². The van der Waals surface area contributed by atoms with E-state index in [0.29, 0.717) is 17.2 Å². The van der Waals surface area contributed by atoms with Crippen LogP contribution in [0.2, 0.25) is 0 Å². The van der Waals surface area contributed by atoms with E-state index in [4.69, 9.17) is 5.73 Å². The van der Waals surface area contributed by atoms with Crippen LogP contribution < -0.4 is 11.1 Å². The Kier molecular flexibility index (Phi) is 2.06. The number of nitrogens with one attached hydrogen (secondary N) is 2. The third-order valence-corrected chi connectivity index (χ3v) is 1.77. The molecule has 0 atom stereocenters. The predicted octanol–water partition coefficient (Wildman–Crippen LogP) is 1.87. The van der Waals surface area contributed by atoms with Crippen LogP contribution in [0.15, 0.2) is 30.5 Å². The molecular formula is C9H9FN4. The van der Waals surface area contributed by atoms with Crippen molar-refractivity contribution in [3.05, 3.63) is 36.3 Å². The zero-order chi connectivity index (χ0) is 9.97. The van der Waals surface area contributed by atoms with Gasteiger partial charge in [0.05, 0.1) is 6.20 Å². The Morgan fingerprint density at radius 2 is 2.29 bits per heavy atom. The Morgan fingerprint density at radius 3 is 2.93 bits per heavy atom. The highest BCUT2D eigenvalue weighted by Gasteiger charge is 2.01. The third kappa shape index (κ3) is 1.66. The van der Waals surface area contributed by atoms with E-state index in [0.717, 1.165) is 0 Å². The van der Waals surface area contributed by atoms with E-state index in [-0.39, 0.29) is 5.82 Å². The number of nitrogens with two attached hydrogens (primary N) is 1. The lowest BCUT2D eigenvalue weighted by atomic mass is 10.3. The average Bonchev–Trinajstić information content (AvgIpc) is 2.52. The van der Waals surface area contributed by atoms with Crippen LogP contribution in [-0.4, -0.2) is 10.2 Å². The minimum absolute atomic E-state index is 0.294. The Labute approximate surface area is 79.9 Å². The molecule has 0 spiro atoms. The number of aromatic amines is 1. The minimum atomic E-state index is -0.294. The van der Waals surface area contributed by atoms with E-state index in [9.17, 15) is 4.39 Å². The molecule has 0 aliphatic rings. The fourth-order valence-corrected chi connectivity index (χ4v) is 1.12. The van der Waals surface area contributed by atoms with Crippen LogP contribution in [0, 0.1) is 5.82 Å². The van der Waals surface area contributed by atoms with Crippen LogP contribution in [0.1, 0.15) is 0 Å². The van der Waals surface area contributed by atoms with Crippen molar-refractivity contribution in [2.24, 2.45) is 0 Å². The van der Waals surface area contributed by atoms with Crippen molar-refractivity contribution in [2.75, 3.05) is 11.1 Å². The van der Waals surface area contributed by atoms with Crippen molar-refractivity contribution >= 4 is 17.2 Å². The molecule has 0 unspecified atom stereocenters. The van der Waals surface area contributed by atoms with E-state index in [1.54, 1.807) is 18.3 Å². The number of hydrogen-bond acceptors (Lipinski definition) is 3. The number of halogens is 1. The van der Waals surface area contributed by atoms with Gasteiger partial charge in [-0.05, 0) is 18.2 Å². The molecule has 5 heteroatoms. The summed E-state index contributed by atoms with van der Waals surface area (Å²) in [5, 5.41) is 9.24. The van der Waals surface area contributed by atoms with Gasteiger partial charge < -0.3 is 11.1 Å². The first-order valence-electron chi connectivity index (χ1n) is 4.07. The molecule has 0 saturated heterocycles. The lowest BCUT2D eigenvalue weighted by molar-refractivity contribution is 0.628.